The summed E-state index contributed by atoms with van der Waals surface area (Å²) < 4.78 is 12.0. The van der Waals surface area contributed by atoms with Gasteiger partial charge in [0.25, 0.3) is 0 Å². The minimum absolute atomic E-state index is 0.105. The number of fused-ring (bicyclic) bond motifs is 1. The molecular weight excluding hydrogens is 428 g/mol. The fourth-order valence-corrected chi connectivity index (χ4v) is 4.55. The van der Waals surface area contributed by atoms with Gasteiger partial charge in [-0.25, -0.2) is 0 Å². The zero-order valence-corrected chi connectivity index (χ0v) is 20.6. The second-order valence-corrected chi connectivity index (χ2v) is 8.87. The standard InChI is InChI=1S/C27H36N4O3/c1-4-33-24-17-23-22(18-28-19-25(32)29-23)26(27(24)34-5-2)21-10-8-20(9-11-21)7-6-12-31-15-13-30(3)14-16-31/h8-11,17-18H,4-7,12-16,19H2,1-3H3,(H,29,32). The molecular formula is C27H36N4O3. The Morgan fingerprint density at radius 2 is 1.76 bits per heavy atom. The molecule has 2 heterocycles. The van der Waals surface area contributed by atoms with E-state index in [9.17, 15) is 4.79 Å². The Kier molecular flexibility index (Phi) is 8.19. The van der Waals surface area contributed by atoms with Crippen LogP contribution in [-0.2, 0) is 11.2 Å². The van der Waals surface area contributed by atoms with Crippen LogP contribution in [0.5, 0.6) is 11.5 Å². The molecule has 7 nitrogen and oxygen atoms in total. The largest absolute Gasteiger partial charge is 0.490 e. The van der Waals surface area contributed by atoms with Gasteiger partial charge in [0.1, 0.15) is 6.54 Å². The van der Waals surface area contributed by atoms with Crippen molar-refractivity contribution >= 4 is 17.8 Å². The summed E-state index contributed by atoms with van der Waals surface area (Å²) in [5, 5.41) is 2.97. The van der Waals surface area contributed by atoms with Gasteiger partial charge >= 0.3 is 0 Å². The number of hydrogen-bond acceptors (Lipinski definition) is 6. The highest BCUT2D eigenvalue weighted by atomic mass is 16.5. The predicted octanol–water partition coefficient (Wildman–Crippen LogP) is 3.70. The van der Waals surface area contributed by atoms with E-state index in [2.05, 4.69) is 51.4 Å². The van der Waals surface area contributed by atoms with E-state index in [1.165, 1.54) is 5.56 Å². The van der Waals surface area contributed by atoms with Gasteiger partial charge in [0.2, 0.25) is 5.91 Å². The highest BCUT2D eigenvalue weighted by Gasteiger charge is 2.23. The first kappa shape index (κ1) is 24.2. The lowest BCUT2D eigenvalue weighted by Crippen LogP contribution is -2.44. The summed E-state index contributed by atoms with van der Waals surface area (Å²) in [4.78, 5) is 21.4. The number of hydrogen-bond donors (Lipinski definition) is 1. The summed E-state index contributed by atoms with van der Waals surface area (Å²) in [5.74, 6) is 1.18. The highest BCUT2D eigenvalue weighted by Crippen LogP contribution is 2.44. The quantitative estimate of drug-likeness (QED) is 0.613. The maximum Gasteiger partial charge on any atom is 0.246 e. The van der Waals surface area contributed by atoms with Gasteiger partial charge in [-0.2, -0.15) is 0 Å². The van der Waals surface area contributed by atoms with Crippen LogP contribution in [0.4, 0.5) is 5.69 Å². The Labute approximate surface area is 202 Å². The zero-order valence-electron chi connectivity index (χ0n) is 20.6. The number of benzodiazepines with no additional fused rings is 1. The van der Waals surface area contributed by atoms with Crippen molar-refractivity contribution < 1.29 is 14.3 Å². The number of aryl methyl sites for hydroxylation is 1. The summed E-state index contributed by atoms with van der Waals surface area (Å²) >= 11 is 0. The average molecular weight is 465 g/mol. The first-order valence-corrected chi connectivity index (χ1v) is 12.4. The van der Waals surface area contributed by atoms with E-state index in [1.807, 2.05) is 19.9 Å². The summed E-state index contributed by atoms with van der Waals surface area (Å²) in [5.41, 5.74) is 4.79. The first-order chi connectivity index (χ1) is 16.6. The second kappa shape index (κ2) is 11.5. The predicted molar refractivity (Wildman–Crippen MR) is 138 cm³/mol. The molecule has 2 aliphatic rings. The van der Waals surface area contributed by atoms with Crippen molar-refractivity contribution in [3.63, 3.8) is 0 Å². The van der Waals surface area contributed by atoms with Crippen LogP contribution in [0.3, 0.4) is 0 Å². The minimum atomic E-state index is -0.136. The Hall–Kier alpha value is -2.90. The lowest BCUT2D eigenvalue weighted by molar-refractivity contribution is -0.114. The molecule has 7 heteroatoms. The van der Waals surface area contributed by atoms with E-state index in [0.717, 1.165) is 62.3 Å². The molecule has 1 amide bonds. The third kappa shape index (κ3) is 5.77. The van der Waals surface area contributed by atoms with Gasteiger partial charge in [-0.3, -0.25) is 9.79 Å². The summed E-state index contributed by atoms with van der Waals surface area (Å²) in [7, 11) is 2.19. The normalized spacial score (nSPS) is 16.6. The number of rotatable bonds is 9. The van der Waals surface area contributed by atoms with Crippen molar-refractivity contribution in [2.24, 2.45) is 4.99 Å². The van der Waals surface area contributed by atoms with Gasteiger partial charge < -0.3 is 24.6 Å². The van der Waals surface area contributed by atoms with Gasteiger partial charge in [-0.05, 0) is 51.4 Å². The molecule has 1 saturated heterocycles. The molecule has 1 N–H and O–H groups in total. The number of nitrogens with one attached hydrogen (secondary N) is 1. The molecule has 0 aromatic heterocycles. The fraction of sp³-hybridized carbons (Fsp3) is 0.481. The topological polar surface area (TPSA) is 66.4 Å². The Morgan fingerprint density at radius 3 is 2.47 bits per heavy atom. The molecule has 0 bridgehead atoms. The van der Waals surface area contributed by atoms with E-state index < -0.39 is 0 Å². The molecule has 0 saturated carbocycles. The molecule has 0 atom stereocenters. The molecule has 2 aromatic rings. The Bertz CT molecular complexity index is 1010. The van der Waals surface area contributed by atoms with Crippen LogP contribution >= 0.6 is 0 Å². The van der Waals surface area contributed by atoms with Crippen LogP contribution in [0.25, 0.3) is 11.1 Å². The number of piperazine rings is 1. The Morgan fingerprint density at radius 1 is 1.03 bits per heavy atom. The number of ether oxygens (including phenoxy) is 2. The molecule has 1 fully saturated rings. The lowest BCUT2D eigenvalue weighted by Gasteiger charge is -2.32. The number of carbonyl (C=O) groups is 1. The summed E-state index contributed by atoms with van der Waals surface area (Å²) in [6, 6.07) is 10.5. The van der Waals surface area contributed by atoms with E-state index in [-0.39, 0.29) is 12.5 Å². The second-order valence-electron chi connectivity index (χ2n) is 8.87. The van der Waals surface area contributed by atoms with Gasteiger partial charge in [-0.15, -0.1) is 0 Å². The van der Waals surface area contributed by atoms with E-state index in [0.29, 0.717) is 30.4 Å². The van der Waals surface area contributed by atoms with Crippen molar-refractivity contribution in [2.75, 3.05) is 64.8 Å². The Balaban J connectivity index is 1.58. The van der Waals surface area contributed by atoms with Crippen molar-refractivity contribution in [1.82, 2.24) is 9.80 Å². The van der Waals surface area contributed by atoms with Crippen LogP contribution in [0, 0.1) is 0 Å². The smallest absolute Gasteiger partial charge is 0.246 e. The molecule has 0 aliphatic carbocycles. The monoisotopic (exact) mass is 464 g/mol. The van der Waals surface area contributed by atoms with Crippen LogP contribution in [0.1, 0.15) is 31.4 Å². The minimum Gasteiger partial charge on any atom is -0.490 e. The average Bonchev–Trinajstić information content (AvgIpc) is 3.02. The number of aliphatic imine (C=N–C) groups is 1. The molecule has 182 valence electrons. The molecule has 4 rings (SSSR count). The summed E-state index contributed by atoms with van der Waals surface area (Å²) in [6.45, 7) is 10.8. The maximum atomic E-state index is 12.1. The first-order valence-electron chi connectivity index (χ1n) is 12.4. The number of carbonyl (C=O) groups excluding carboxylic acids is 1. The zero-order chi connectivity index (χ0) is 23.9. The van der Waals surface area contributed by atoms with Crippen LogP contribution < -0.4 is 14.8 Å². The number of amides is 1. The summed E-state index contributed by atoms with van der Waals surface area (Å²) in [6.07, 6.45) is 3.98. The molecule has 0 unspecified atom stereocenters. The number of benzene rings is 2. The SMILES string of the molecule is CCOc1cc2c(c(-c3ccc(CCCN4CCN(C)CC4)cc3)c1OCC)C=NCC(=O)N2. The highest BCUT2D eigenvalue weighted by molar-refractivity contribution is 6.07. The molecule has 34 heavy (non-hydrogen) atoms. The van der Waals surface area contributed by atoms with Crippen LogP contribution in [-0.4, -0.2) is 81.5 Å². The van der Waals surface area contributed by atoms with Gasteiger partial charge in [0.15, 0.2) is 11.5 Å². The van der Waals surface area contributed by atoms with Gasteiger partial charge in [0, 0.05) is 49.6 Å². The van der Waals surface area contributed by atoms with Crippen molar-refractivity contribution in [1.29, 1.82) is 0 Å². The third-order valence-electron chi connectivity index (χ3n) is 6.38. The number of anilines is 1. The van der Waals surface area contributed by atoms with Crippen LogP contribution in [0.15, 0.2) is 35.3 Å². The lowest BCUT2D eigenvalue weighted by atomic mass is 9.95. The van der Waals surface area contributed by atoms with Crippen molar-refractivity contribution in [3.8, 4) is 22.6 Å². The molecule has 2 aromatic carbocycles. The van der Waals surface area contributed by atoms with Gasteiger partial charge in [0.05, 0.1) is 18.9 Å². The molecule has 2 aliphatic heterocycles. The van der Waals surface area contributed by atoms with Crippen LogP contribution in [0.2, 0.25) is 0 Å². The van der Waals surface area contributed by atoms with Crippen molar-refractivity contribution in [2.45, 2.75) is 26.7 Å². The van der Waals surface area contributed by atoms with E-state index >= 15 is 0 Å². The maximum absolute atomic E-state index is 12.1. The third-order valence-corrected chi connectivity index (χ3v) is 6.38. The number of nitrogens with zero attached hydrogens (tertiary/aromatic N) is 3. The number of likely N-dealkylation sites (N-methyl/N-ethyl adjacent to an activating group) is 1. The fourth-order valence-electron chi connectivity index (χ4n) is 4.55. The van der Waals surface area contributed by atoms with E-state index in [1.54, 1.807) is 6.21 Å². The van der Waals surface area contributed by atoms with Crippen molar-refractivity contribution in [3.05, 3.63) is 41.5 Å². The molecule has 0 radical (unpaired) electrons. The molecule has 0 spiro atoms. The van der Waals surface area contributed by atoms with E-state index in [4.69, 9.17) is 9.47 Å². The van der Waals surface area contributed by atoms with Gasteiger partial charge in [-0.1, -0.05) is 24.3 Å².